The molecule has 1 saturated carbocycles. The molecule has 1 aliphatic carbocycles. The molecule has 2 unspecified atom stereocenters. The minimum atomic E-state index is 0.00811. The van der Waals surface area contributed by atoms with E-state index in [1.807, 2.05) is 46.1 Å². The van der Waals surface area contributed by atoms with Crippen molar-refractivity contribution in [1.29, 1.82) is 0 Å². The van der Waals surface area contributed by atoms with Crippen LogP contribution < -0.4 is 5.32 Å². The van der Waals surface area contributed by atoms with Gasteiger partial charge in [0.1, 0.15) is 5.69 Å². The Balaban J connectivity index is 1.54. The predicted molar refractivity (Wildman–Crippen MR) is 102 cm³/mol. The van der Waals surface area contributed by atoms with Crippen LogP contribution in [0.15, 0.2) is 36.5 Å². The molecule has 1 aliphatic heterocycles. The Bertz CT molecular complexity index is 762. The molecule has 2 atom stereocenters. The molecule has 1 aromatic carbocycles. The van der Waals surface area contributed by atoms with E-state index in [9.17, 15) is 4.79 Å². The Labute approximate surface area is 159 Å². The van der Waals surface area contributed by atoms with Crippen LogP contribution in [0.2, 0.25) is 5.02 Å². The van der Waals surface area contributed by atoms with Gasteiger partial charge in [-0.15, -0.1) is 0 Å². The fourth-order valence-electron chi connectivity index (χ4n) is 3.76. The second-order valence-electron chi connectivity index (χ2n) is 7.35. The van der Waals surface area contributed by atoms with E-state index in [1.54, 1.807) is 0 Å². The zero-order chi connectivity index (χ0) is 18.1. The molecular formula is C20H25ClN4O. The lowest BCUT2D eigenvalue weighted by molar-refractivity contribution is 0.0666. The van der Waals surface area contributed by atoms with Crippen molar-refractivity contribution in [2.45, 2.75) is 50.7 Å². The molecule has 1 N–H and O–H groups in total. The fraction of sp³-hybridized carbons (Fsp3) is 0.500. The second-order valence-corrected chi connectivity index (χ2v) is 7.79. The number of hydrogen-bond donors (Lipinski definition) is 1. The van der Waals surface area contributed by atoms with Gasteiger partial charge in [0.15, 0.2) is 0 Å². The number of nitrogens with one attached hydrogen (secondary N) is 1. The highest BCUT2D eigenvalue weighted by molar-refractivity contribution is 6.30. The van der Waals surface area contributed by atoms with Crippen LogP contribution in [0, 0.1) is 0 Å². The van der Waals surface area contributed by atoms with Crippen LogP contribution in [-0.4, -0.2) is 39.7 Å². The summed E-state index contributed by atoms with van der Waals surface area (Å²) >= 11 is 6.01. The van der Waals surface area contributed by atoms with Gasteiger partial charge in [0.2, 0.25) is 0 Å². The maximum absolute atomic E-state index is 13.2. The van der Waals surface area contributed by atoms with E-state index in [2.05, 4.69) is 17.3 Å². The van der Waals surface area contributed by atoms with E-state index in [0.29, 0.717) is 22.8 Å². The molecule has 1 saturated heterocycles. The van der Waals surface area contributed by atoms with Gasteiger partial charge >= 0.3 is 0 Å². The van der Waals surface area contributed by atoms with Crippen molar-refractivity contribution < 1.29 is 4.79 Å². The topological polar surface area (TPSA) is 50.2 Å². The van der Waals surface area contributed by atoms with Crippen molar-refractivity contribution in [3.05, 3.63) is 52.8 Å². The molecule has 0 bridgehead atoms. The number of benzene rings is 1. The number of carbonyl (C=O) groups is 1. The molecule has 1 amide bonds. The van der Waals surface area contributed by atoms with Gasteiger partial charge in [-0.2, -0.15) is 5.10 Å². The first-order chi connectivity index (χ1) is 12.6. The van der Waals surface area contributed by atoms with Crippen LogP contribution >= 0.6 is 11.6 Å². The standard InChI is InChI=1S/C20H25ClN4O/c1-14(15-4-6-16(21)7-5-15)25(17-8-9-17)20(26)19-10-12-24(23-19)18-3-2-11-22-13-18/h4-7,10,12,14,17-18,22H,2-3,8-9,11,13H2,1H3. The van der Waals surface area contributed by atoms with Crippen LogP contribution in [0.1, 0.15) is 60.7 Å². The molecule has 2 heterocycles. The molecule has 2 aliphatic rings. The van der Waals surface area contributed by atoms with Gasteiger partial charge in [0.25, 0.3) is 5.91 Å². The van der Waals surface area contributed by atoms with E-state index >= 15 is 0 Å². The summed E-state index contributed by atoms with van der Waals surface area (Å²) < 4.78 is 1.96. The van der Waals surface area contributed by atoms with Gasteiger partial charge in [-0.25, -0.2) is 0 Å². The van der Waals surface area contributed by atoms with Crippen LogP contribution in [0.5, 0.6) is 0 Å². The van der Waals surface area contributed by atoms with Crippen molar-refractivity contribution in [2.75, 3.05) is 13.1 Å². The average molecular weight is 373 g/mol. The summed E-state index contributed by atoms with van der Waals surface area (Å²) in [4.78, 5) is 15.2. The van der Waals surface area contributed by atoms with Crippen molar-refractivity contribution in [1.82, 2.24) is 20.0 Å². The van der Waals surface area contributed by atoms with Crippen molar-refractivity contribution in [3.8, 4) is 0 Å². The lowest BCUT2D eigenvalue weighted by Gasteiger charge is -2.29. The molecule has 5 nitrogen and oxygen atoms in total. The first kappa shape index (κ1) is 17.6. The molecule has 1 aromatic heterocycles. The third kappa shape index (κ3) is 3.64. The summed E-state index contributed by atoms with van der Waals surface area (Å²) in [7, 11) is 0. The zero-order valence-corrected chi connectivity index (χ0v) is 15.8. The van der Waals surface area contributed by atoms with E-state index in [4.69, 9.17) is 11.6 Å². The Hall–Kier alpha value is -1.85. The number of amides is 1. The average Bonchev–Trinajstić information content (AvgIpc) is 3.37. The van der Waals surface area contributed by atoms with Gasteiger partial charge in [-0.3, -0.25) is 9.48 Å². The molecular weight excluding hydrogens is 348 g/mol. The molecule has 6 heteroatoms. The van der Waals surface area contributed by atoms with Crippen LogP contribution in [0.25, 0.3) is 0 Å². The van der Waals surface area contributed by atoms with Crippen molar-refractivity contribution >= 4 is 17.5 Å². The Kier molecular flexibility index (Phi) is 5.00. The van der Waals surface area contributed by atoms with Gasteiger partial charge in [-0.05, 0) is 62.9 Å². The minimum absolute atomic E-state index is 0.00811. The maximum atomic E-state index is 13.2. The Morgan fingerprint density at radius 2 is 2.04 bits per heavy atom. The highest BCUT2D eigenvalue weighted by atomic mass is 35.5. The smallest absolute Gasteiger partial charge is 0.275 e. The van der Waals surface area contributed by atoms with Gasteiger partial charge in [0.05, 0.1) is 12.1 Å². The summed E-state index contributed by atoms with van der Waals surface area (Å²) in [6, 6.07) is 10.3. The number of aromatic nitrogens is 2. The zero-order valence-electron chi connectivity index (χ0n) is 15.1. The molecule has 2 fully saturated rings. The highest BCUT2D eigenvalue weighted by Crippen LogP contribution is 2.35. The van der Waals surface area contributed by atoms with Gasteiger partial charge in [-0.1, -0.05) is 23.7 Å². The first-order valence-electron chi connectivity index (χ1n) is 9.47. The van der Waals surface area contributed by atoms with E-state index in [0.717, 1.165) is 44.3 Å². The summed E-state index contributed by atoms with van der Waals surface area (Å²) in [5, 5.41) is 8.73. The first-order valence-corrected chi connectivity index (χ1v) is 9.85. The Morgan fingerprint density at radius 1 is 1.27 bits per heavy atom. The van der Waals surface area contributed by atoms with Gasteiger partial charge < -0.3 is 10.2 Å². The van der Waals surface area contributed by atoms with E-state index in [-0.39, 0.29) is 11.9 Å². The Morgan fingerprint density at radius 3 is 2.69 bits per heavy atom. The van der Waals surface area contributed by atoms with E-state index in [1.165, 1.54) is 0 Å². The number of hydrogen-bond acceptors (Lipinski definition) is 3. The highest BCUT2D eigenvalue weighted by Gasteiger charge is 2.37. The largest absolute Gasteiger partial charge is 0.328 e. The van der Waals surface area contributed by atoms with Crippen molar-refractivity contribution in [3.63, 3.8) is 0 Å². The summed E-state index contributed by atoms with van der Waals surface area (Å²) in [5.41, 5.74) is 1.65. The summed E-state index contributed by atoms with van der Waals surface area (Å²) in [6.07, 6.45) is 6.34. The molecule has 4 rings (SSSR count). The SMILES string of the molecule is CC(c1ccc(Cl)cc1)N(C(=O)c1ccn(C2CCCNC2)n1)C1CC1. The molecule has 0 spiro atoms. The lowest BCUT2D eigenvalue weighted by atomic mass is 10.1. The number of nitrogens with zero attached hydrogens (tertiary/aromatic N) is 3. The summed E-state index contributed by atoms with van der Waals surface area (Å²) in [6.45, 7) is 4.07. The van der Waals surface area contributed by atoms with E-state index < -0.39 is 0 Å². The number of piperidine rings is 1. The third-order valence-corrected chi connectivity index (χ3v) is 5.67. The molecule has 138 valence electrons. The van der Waals surface area contributed by atoms with Crippen LogP contribution in [-0.2, 0) is 0 Å². The predicted octanol–water partition coefficient (Wildman–Crippen LogP) is 3.83. The third-order valence-electron chi connectivity index (χ3n) is 5.42. The molecule has 0 radical (unpaired) electrons. The van der Waals surface area contributed by atoms with Crippen LogP contribution in [0.3, 0.4) is 0 Å². The number of carbonyl (C=O) groups excluding carboxylic acids is 1. The van der Waals surface area contributed by atoms with Gasteiger partial charge in [0, 0.05) is 23.8 Å². The van der Waals surface area contributed by atoms with Crippen molar-refractivity contribution in [2.24, 2.45) is 0 Å². The molecule has 2 aromatic rings. The van der Waals surface area contributed by atoms with Crippen LogP contribution in [0.4, 0.5) is 0 Å². The minimum Gasteiger partial charge on any atom is -0.328 e. The normalized spacial score (nSPS) is 21.4. The molecule has 26 heavy (non-hydrogen) atoms. The summed E-state index contributed by atoms with van der Waals surface area (Å²) in [5.74, 6) is 0.0254. The number of halogens is 1. The fourth-order valence-corrected chi connectivity index (χ4v) is 3.89. The monoisotopic (exact) mass is 372 g/mol. The maximum Gasteiger partial charge on any atom is 0.275 e. The number of rotatable bonds is 5. The quantitative estimate of drug-likeness (QED) is 0.867. The second kappa shape index (κ2) is 7.41. The lowest BCUT2D eigenvalue weighted by Crippen LogP contribution is -2.36.